The smallest absolute Gasteiger partial charge is 0.358 e. The van der Waals surface area contributed by atoms with Crippen LogP contribution in [0.3, 0.4) is 0 Å². The fraction of sp³-hybridized carbons (Fsp3) is 0.0667. The second-order valence-corrected chi connectivity index (χ2v) is 4.61. The van der Waals surface area contributed by atoms with Gasteiger partial charge in [0.25, 0.3) is 0 Å². The van der Waals surface area contributed by atoms with E-state index in [2.05, 4.69) is 14.7 Å². The molecule has 0 fully saturated rings. The van der Waals surface area contributed by atoms with Crippen LogP contribution < -0.4 is 0 Å². The highest BCUT2D eigenvalue weighted by Gasteiger charge is 2.19. The third kappa shape index (κ3) is 3.67. The van der Waals surface area contributed by atoms with E-state index >= 15 is 0 Å². The summed E-state index contributed by atoms with van der Waals surface area (Å²) < 4.78 is 4.48. The van der Waals surface area contributed by atoms with Gasteiger partial charge in [-0.3, -0.25) is 15.1 Å². The molecule has 126 valence electrons. The zero-order valence-electron chi connectivity index (χ0n) is 12.7. The van der Waals surface area contributed by atoms with Crippen molar-refractivity contribution in [2.75, 3.05) is 7.11 Å². The Morgan fingerprint density at radius 1 is 1.32 bits per heavy atom. The Morgan fingerprint density at radius 3 is 2.48 bits per heavy atom. The standard InChI is InChI=1S/C15H10N4O6/c1-25-15(22)11-7-17-10(6-18-11)9(5-16)2-8-3-12(19(23)24)14(21)13(20)4-8/h2-4,6-7,20-21H,1H3. The van der Waals surface area contributed by atoms with Crippen LogP contribution in [0, 0.1) is 21.4 Å². The molecule has 2 aromatic rings. The third-order valence-electron chi connectivity index (χ3n) is 3.04. The first-order valence-corrected chi connectivity index (χ1v) is 6.60. The molecule has 0 aliphatic heterocycles. The topological polar surface area (TPSA) is 159 Å². The number of ether oxygens (including phenoxy) is 1. The monoisotopic (exact) mass is 342 g/mol. The minimum absolute atomic E-state index is 0.0247. The van der Waals surface area contributed by atoms with Gasteiger partial charge >= 0.3 is 11.7 Å². The Labute approximate surface area is 140 Å². The number of nitrogens with zero attached hydrogens (tertiary/aromatic N) is 4. The van der Waals surface area contributed by atoms with Crippen molar-refractivity contribution in [2.45, 2.75) is 0 Å². The lowest BCUT2D eigenvalue weighted by Gasteiger charge is -2.03. The lowest BCUT2D eigenvalue weighted by Crippen LogP contribution is -2.05. The first kappa shape index (κ1) is 17.4. The van der Waals surface area contributed by atoms with Gasteiger partial charge in [-0.2, -0.15) is 5.26 Å². The van der Waals surface area contributed by atoms with Crippen LogP contribution in [0.5, 0.6) is 11.5 Å². The lowest BCUT2D eigenvalue weighted by atomic mass is 10.1. The van der Waals surface area contributed by atoms with Gasteiger partial charge in [-0.1, -0.05) is 0 Å². The molecular weight excluding hydrogens is 332 g/mol. The zero-order chi connectivity index (χ0) is 18.6. The van der Waals surface area contributed by atoms with E-state index < -0.39 is 28.1 Å². The molecule has 0 unspecified atom stereocenters. The van der Waals surface area contributed by atoms with Crippen LogP contribution in [-0.4, -0.2) is 38.2 Å². The number of esters is 1. The minimum atomic E-state index is -0.872. The van der Waals surface area contributed by atoms with Crippen molar-refractivity contribution in [2.24, 2.45) is 0 Å². The molecule has 2 rings (SSSR count). The van der Waals surface area contributed by atoms with E-state index in [1.807, 2.05) is 6.07 Å². The van der Waals surface area contributed by atoms with E-state index in [0.717, 1.165) is 24.5 Å². The first-order valence-electron chi connectivity index (χ1n) is 6.60. The van der Waals surface area contributed by atoms with Gasteiger partial charge in [0.05, 0.1) is 35.7 Å². The van der Waals surface area contributed by atoms with Gasteiger partial charge in [-0.05, 0) is 17.7 Å². The highest BCUT2D eigenvalue weighted by atomic mass is 16.6. The number of allylic oxidation sites excluding steroid dienone is 1. The normalized spacial score (nSPS) is 10.8. The van der Waals surface area contributed by atoms with Crippen molar-refractivity contribution in [3.8, 4) is 17.6 Å². The van der Waals surface area contributed by atoms with Crippen LogP contribution in [0.1, 0.15) is 21.7 Å². The predicted molar refractivity (Wildman–Crippen MR) is 83.3 cm³/mol. The summed E-state index contributed by atoms with van der Waals surface area (Å²) in [5.41, 5.74) is -0.594. The van der Waals surface area contributed by atoms with Crippen LogP contribution in [0.15, 0.2) is 24.5 Å². The zero-order valence-corrected chi connectivity index (χ0v) is 12.7. The molecule has 0 saturated carbocycles. The number of carbonyl (C=O) groups is 1. The molecule has 1 aromatic carbocycles. The highest BCUT2D eigenvalue weighted by molar-refractivity contribution is 5.90. The molecule has 0 amide bonds. The third-order valence-corrected chi connectivity index (χ3v) is 3.04. The predicted octanol–water partition coefficient (Wildman–Crippen LogP) is 1.65. The van der Waals surface area contributed by atoms with E-state index in [4.69, 9.17) is 0 Å². The molecule has 0 aliphatic carbocycles. The molecule has 0 aliphatic rings. The molecule has 25 heavy (non-hydrogen) atoms. The summed E-state index contributed by atoms with van der Waals surface area (Å²) in [5.74, 6) is -2.27. The Kier molecular flexibility index (Phi) is 4.89. The van der Waals surface area contributed by atoms with Gasteiger partial charge < -0.3 is 14.9 Å². The molecule has 0 bridgehead atoms. The summed E-state index contributed by atoms with van der Waals surface area (Å²) in [6.07, 6.45) is 3.49. The maximum atomic E-state index is 11.3. The second kappa shape index (κ2) is 7.05. The Morgan fingerprint density at radius 2 is 1.96 bits per heavy atom. The number of nitro groups is 1. The number of nitro benzene ring substituents is 1. The molecule has 0 spiro atoms. The van der Waals surface area contributed by atoms with Gasteiger partial charge in [0.1, 0.15) is 6.07 Å². The van der Waals surface area contributed by atoms with Crippen molar-refractivity contribution in [1.29, 1.82) is 5.26 Å². The van der Waals surface area contributed by atoms with Gasteiger partial charge in [0.15, 0.2) is 11.4 Å². The maximum Gasteiger partial charge on any atom is 0.358 e. The van der Waals surface area contributed by atoms with E-state index in [1.54, 1.807) is 0 Å². The average Bonchev–Trinajstić information content (AvgIpc) is 2.61. The van der Waals surface area contributed by atoms with E-state index in [0.29, 0.717) is 0 Å². The average molecular weight is 342 g/mol. The number of phenols is 2. The fourth-order valence-electron chi connectivity index (χ4n) is 1.86. The van der Waals surface area contributed by atoms with Crippen LogP contribution in [0.4, 0.5) is 5.69 Å². The molecular formula is C15H10N4O6. The lowest BCUT2D eigenvalue weighted by molar-refractivity contribution is -0.386. The summed E-state index contributed by atoms with van der Waals surface area (Å²) in [4.78, 5) is 29.0. The van der Waals surface area contributed by atoms with Gasteiger partial charge in [0.2, 0.25) is 5.75 Å². The van der Waals surface area contributed by atoms with Crippen molar-refractivity contribution in [3.05, 3.63) is 51.6 Å². The Balaban J connectivity index is 2.46. The summed E-state index contributed by atoms with van der Waals surface area (Å²) in [6.45, 7) is 0. The van der Waals surface area contributed by atoms with Crippen LogP contribution >= 0.6 is 0 Å². The van der Waals surface area contributed by atoms with Crippen molar-refractivity contribution < 1.29 is 24.7 Å². The van der Waals surface area contributed by atoms with Gasteiger partial charge in [-0.15, -0.1) is 0 Å². The van der Waals surface area contributed by atoms with Crippen molar-refractivity contribution >= 4 is 23.3 Å². The van der Waals surface area contributed by atoms with Crippen LogP contribution in [0.2, 0.25) is 0 Å². The number of phenolic OH excluding ortho intramolecular Hbond substituents is 2. The molecule has 1 aromatic heterocycles. The van der Waals surface area contributed by atoms with E-state index in [9.17, 15) is 30.4 Å². The largest absolute Gasteiger partial charge is 0.504 e. The maximum absolute atomic E-state index is 11.3. The molecule has 1 heterocycles. The highest BCUT2D eigenvalue weighted by Crippen LogP contribution is 2.36. The number of nitriles is 1. The fourth-order valence-corrected chi connectivity index (χ4v) is 1.86. The number of aromatic hydroxyl groups is 2. The van der Waals surface area contributed by atoms with Crippen LogP contribution in [0.25, 0.3) is 11.6 Å². The van der Waals surface area contributed by atoms with Gasteiger partial charge in [0, 0.05) is 6.07 Å². The number of hydrogen-bond donors (Lipinski definition) is 2. The van der Waals surface area contributed by atoms with E-state index in [1.165, 1.54) is 13.2 Å². The number of carbonyl (C=O) groups excluding carboxylic acids is 1. The van der Waals surface area contributed by atoms with E-state index in [-0.39, 0.29) is 22.5 Å². The molecule has 0 saturated heterocycles. The molecule has 10 heteroatoms. The summed E-state index contributed by atoms with van der Waals surface area (Å²) in [7, 11) is 1.18. The number of aromatic nitrogens is 2. The summed E-state index contributed by atoms with van der Waals surface area (Å²) >= 11 is 0. The second-order valence-electron chi connectivity index (χ2n) is 4.61. The molecule has 10 nitrogen and oxygen atoms in total. The number of methoxy groups -OCH3 is 1. The summed E-state index contributed by atoms with van der Waals surface area (Å²) in [6, 6.07) is 3.88. The minimum Gasteiger partial charge on any atom is -0.504 e. The van der Waals surface area contributed by atoms with Gasteiger partial charge in [-0.25, -0.2) is 9.78 Å². The Bertz CT molecular complexity index is 915. The number of benzene rings is 1. The molecule has 2 N–H and O–H groups in total. The quantitative estimate of drug-likeness (QED) is 0.277. The summed E-state index contributed by atoms with van der Waals surface area (Å²) in [5, 5.41) is 39.1. The van der Waals surface area contributed by atoms with Crippen LogP contribution in [-0.2, 0) is 4.74 Å². The SMILES string of the molecule is COC(=O)c1cnc(C(C#N)=Cc2cc(O)c(O)c([N+](=O)[O-])c2)cn1. The molecule has 0 atom stereocenters. The van der Waals surface area contributed by atoms with Crippen molar-refractivity contribution in [1.82, 2.24) is 9.97 Å². The van der Waals surface area contributed by atoms with Crippen molar-refractivity contribution in [3.63, 3.8) is 0 Å². The first-order chi connectivity index (χ1) is 11.9. The number of hydrogen-bond acceptors (Lipinski definition) is 9. The number of rotatable bonds is 4. The molecule has 0 radical (unpaired) electrons. The Hall–Kier alpha value is -4.00.